The predicted octanol–water partition coefficient (Wildman–Crippen LogP) is 1.92. The lowest BCUT2D eigenvalue weighted by Gasteiger charge is -2.14. The highest BCUT2D eigenvalue weighted by molar-refractivity contribution is 6.31. The first kappa shape index (κ1) is 16.9. The van der Waals surface area contributed by atoms with Gasteiger partial charge in [0.2, 0.25) is 0 Å². The van der Waals surface area contributed by atoms with Crippen LogP contribution in [0.3, 0.4) is 0 Å². The number of rotatable bonds is 7. The Morgan fingerprint density at radius 1 is 1.29 bits per heavy atom. The molecule has 0 fully saturated rings. The van der Waals surface area contributed by atoms with Gasteiger partial charge in [-0.05, 0) is 25.0 Å². The van der Waals surface area contributed by atoms with Gasteiger partial charge in [0.25, 0.3) is 5.91 Å². The summed E-state index contributed by atoms with van der Waals surface area (Å²) in [6.45, 7) is 0. The molecule has 0 saturated carbocycles. The lowest BCUT2D eigenvalue weighted by atomic mass is 10.1. The molecule has 0 spiro atoms. The van der Waals surface area contributed by atoms with Crippen molar-refractivity contribution in [2.45, 2.75) is 25.3 Å². The van der Waals surface area contributed by atoms with Crippen LogP contribution < -0.4 is 5.32 Å². The van der Waals surface area contributed by atoms with Gasteiger partial charge in [-0.15, -0.1) is 0 Å². The van der Waals surface area contributed by atoms with E-state index < -0.39 is 29.7 Å². The quantitative estimate of drug-likeness (QED) is 0.712. The summed E-state index contributed by atoms with van der Waals surface area (Å²) in [4.78, 5) is 33.2. The molecule has 0 radical (unpaired) electrons. The monoisotopic (exact) mass is 317 g/mol. The molecule has 0 aliphatic heterocycles. The molecule has 8 heteroatoms. The van der Waals surface area contributed by atoms with Crippen LogP contribution in [0.5, 0.6) is 0 Å². The molecule has 0 aromatic heterocycles. The van der Waals surface area contributed by atoms with Gasteiger partial charge in [-0.25, -0.2) is 9.18 Å². The highest BCUT2D eigenvalue weighted by atomic mass is 35.5. The van der Waals surface area contributed by atoms with E-state index in [0.717, 1.165) is 0 Å². The van der Waals surface area contributed by atoms with Gasteiger partial charge < -0.3 is 15.5 Å². The van der Waals surface area contributed by atoms with Gasteiger partial charge >= 0.3 is 11.9 Å². The van der Waals surface area contributed by atoms with Crippen molar-refractivity contribution >= 4 is 29.4 Å². The summed E-state index contributed by atoms with van der Waals surface area (Å²) in [6.07, 6.45) is -0.217. The predicted molar refractivity (Wildman–Crippen MR) is 71.8 cm³/mol. The molecule has 0 heterocycles. The van der Waals surface area contributed by atoms with Crippen molar-refractivity contribution in [3.63, 3.8) is 0 Å². The largest absolute Gasteiger partial charge is 0.481 e. The van der Waals surface area contributed by atoms with E-state index in [0.29, 0.717) is 0 Å². The van der Waals surface area contributed by atoms with Crippen LogP contribution in [0.25, 0.3) is 0 Å². The van der Waals surface area contributed by atoms with Gasteiger partial charge in [0.15, 0.2) is 5.82 Å². The number of amides is 1. The summed E-state index contributed by atoms with van der Waals surface area (Å²) < 4.78 is 13.6. The van der Waals surface area contributed by atoms with Gasteiger partial charge in [0, 0.05) is 6.42 Å². The maximum absolute atomic E-state index is 13.6. The van der Waals surface area contributed by atoms with Gasteiger partial charge in [-0.1, -0.05) is 17.7 Å². The molecule has 6 nitrogen and oxygen atoms in total. The Labute approximate surface area is 124 Å². The van der Waals surface area contributed by atoms with Crippen LogP contribution in [0.1, 0.15) is 29.6 Å². The van der Waals surface area contributed by atoms with Crippen LogP contribution in [0.2, 0.25) is 5.02 Å². The topological polar surface area (TPSA) is 104 Å². The molecule has 21 heavy (non-hydrogen) atoms. The van der Waals surface area contributed by atoms with E-state index >= 15 is 0 Å². The number of hydrogen-bond donors (Lipinski definition) is 3. The van der Waals surface area contributed by atoms with Crippen molar-refractivity contribution in [3.8, 4) is 0 Å². The second-order valence-electron chi connectivity index (χ2n) is 4.25. The fourth-order valence-electron chi connectivity index (χ4n) is 1.63. The molecule has 0 aliphatic rings. The number of carboxylic acid groups (broad SMARTS) is 2. The summed E-state index contributed by atoms with van der Waals surface area (Å²) in [5.74, 6) is -4.24. The fraction of sp³-hybridized carbons (Fsp3) is 0.308. The molecular formula is C13H13ClFNO5. The first-order valence-corrected chi connectivity index (χ1v) is 6.40. The maximum atomic E-state index is 13.6. The maximum Gasteiger partial charge on any atom is 0.326 e. The van der Waals surface area contributed by atoms with Crippen molar-refractivity contribution < 1.29 is 29.0 Å². The first-order valence-electron chi connectivity index (χ1n) is 6.02. The van der Waals surface area contributed by atoms with Crippen LogP contribution in [-0.2, 0) is 9.59 Å². The average Bonchev–Trinajstić information content (AvgIpc) is 2.40. The van der Waals surface area contributed by atoms with Crippen LogP contribution in [0.4, 0.5) is 4.39 Å². The van der Waals surface area contributed by atoms with Crippen molar-refractivity contribution in [3.05, 3.63) is 34.6 Å². The summed E-state index contributed by atoms with van der Waals surface area (Å²) in [5, 5.41) is 19.4. The molecule has 0 aliphatic carbocycles. The van der Waals surface area contributed by atoms with Gasteiger partial charge in [0.1, 0.15) is 6.04 Å². The van der Waals surface area contributed by atoms with Crippen LogP contribution in [0.15, 0.2) is 18.2 Å². The Bertz CT molecular complexity index is 563. The summed E-state index contributed by atoms with van der Waals surface area (Å²) in [5.41, 5.74) is -0.369. The zero-order chi connectivity index (χ0) is 16.0. The Kier molecular flexibility index (Phi) is 6.10. The third-order valence-corrected chi connectivity index (χ3v) is 2.97. The van der Waals surface area contributed by atoms with E-state index in [9.17, 15) is 18.8 Å². The Morgan fingerprint density at radius 2 is 1.95 bits per heavy atom. The van der Waals surface area contributed by atoms with Crippen molar-refractivity contribution in [1.82, 2.24) is 5.32 Å². The van der Waals surface area contributed by atoms with Crippen LogP contribution in [-0.4, -0.2) is 34.1 Å². The van der Waals surface area contributed by atoms with E-state index in [2.05, 4.69) is 5.32 Å². The minimum absolute atomic E-state index is 0.0739. The summed E-state index contributed by atoms with van der Waals surface area (Å²) in [7, 11) is 0. The molecule has 0 saturated heterocycles. The zero-order valence-electron chi connectivity index (χ0n) is 10.8. The third kappa shape index (κ3) is 5.03. The summed E-state index contributed by atoms with van der Waals surface area (Å²) >= 11 is 5.54. The number of carboxylic acids is 2. The van der Waals surface area contributed by atoms with Crippen molar-refractivity contribution in [2.75, 3.05) is 0 Å². The SMILES string of the molecule is O=C(O)CCC[C@@H](NC(=O)c1cccc(Cl)c1F)C(=O)O. The molecule has 0 bridgehead atoms. The second kappa shape index (κ2) is 7.58. The number of hydrogen-bond acceptors (Lipinski definition) is 3. The smallest absolute Gasteiger partial charge is 0.326 e. The molecule has 3 N–H and O–H groups in total. The number of carbonyl (C=O) groups excluding carboxylic acids is 1. The Hall–Kier alpha value is -2.15. The number of benzene rings is 1. The fourth-order valence-corrected chi connectivity index (χ4v) is 1.80. The molecule has 1 aromatic carbocycles. The third-order valence-electron chi connectivity index (χ3n) is 2.68. The minimum atomic E-state index is -1.32. The lowest BCUT2D eigenvalue weighted by molar-refractivity contribution is -0.140. The molecule has 0 unspecified atom stereocenters. The van der Waals surface area contributed by atoms with Crippen molar-refractivity contribution in [1.29, 1.82) is 0 Å². The van der Waals surface area contributed by atoms with Crippen LogP contribution >= 0.6 is 11.6 Å². The number of aliphatic carboxylic acids is 2. The van der Waals surface area contributed by atoms with Crippen LogP contribution in [0, 0.1) is 5.82 Å². The molecule has 114 valence electrons. The van der Waals surface area contributed by atoms with Gasteiger partial charge in [-0.2, -0.15) is 0 Å². The number of halogens is 2. The normalized spacial score (nSPS) is 11.7. The van der Waals surface area contributed by atoms with E-state index in [1.54, 1.807) is 0 Å². The lowest BCUT2D eigenvalue weighted by Crippen LogP contribution is -2.41. The molecule has 1 rings (SSSR count). The van der Waals surface area contributed by atoms with Gasteiger partial charge in [-0.3, -0.25) is 9.59 Å². The zero-order valence-corrected chi connectivity index (χ0v) is 11.6. The Morgan fingerprint density at radius 3 is 2.52 bits per heavy atom. The molecule has 1 atom stereocenters. The molecule has 1 amide bonds. The molecular weight excluding hydrogens is 305 g/mol. The average molecular weight is 318 g/mol. The van der Waals surface area contributed by atoms with Crippen molar-refractivity contribution in [2.24, 2.45) is 0 Å². The Balaban J connectivity index is 2.74. The van der Waals surface area contributed by atoms with E-state index in [1.165, 1.54) is 18.2 Å². The first-order chi connectivity index (χ1) is 9.82. The van der Waals surface area contributed by atoms with Gasteiger partial charge in [0.05, 0.1) is 10.6 Å². The standard InChI is InChI=1S/C13H13ClFNO5/c14-8-4-1-3-7(11(8)15)12(19)16-9(13(20)21)5-2-6-10(17)18/h1,3-4,9H,2,5-6H2,(H,16,19)(H,17,18)(H,20,21)/t9-/m1/s1. The van der Waals surface area contributed by atoms with E-state index in [-0.39, 0.29) is 29.8 Å². The second-order valence-corrected chi connectivity index (χ2v) is 4.66. The highest BCUT2D eigenvalue weighted by Gasteiger charge is 2.22. The van der Waals surface area contributed by atoms with E-state index in [4.69, 9.17) is 21.8 Å². The van der Waals surface area contributed by atoms with E-state index in [1.807, 2.05) is 0 Å². The molecule has 1 aromatic rings. The number of nitrogens with one attached hydrogen (secondary N) is 1. The highest BCUT2D eigenvalue weighted by Crippen LogP contribution is 2.18. The summed E-state index contributed by atoms with van der Waals surface area (Å²) in [6, 6.07) is 2.50. The number of carbonyl (C=O) groups is 3. The minimum Gasteiger partial charge on any atom is -0.481 e.